The number of hydrogen-bond donors (Lipinski definition) is 2. The first-order valence-electron chi connectivity index (χ1n) is 3.21. The van der Waals surface area contributed by atoms with Gasteiger partial charge in [0.15, 0.2) is 0 Å². The average molecular weight is 154 g/mol. The molecule has 2 fully saturated rings. The lowest BCUT2D eigenvalue weighted by Crippen LogP contribution is -2.28. The third-order valence-electron chi connectivity index (χ3n) is 1.49. The Hall–Kier alpha value is -1.36. The van der Waals surface area contributed by atoms with E-state index in [4.69, 9.17) is 4.74 Å². The summed E-state index contributed by atoms with van der Waals surface area (Å²) in [5, 5.41) is 0. The highest BCUT2D eigenvalue weighted by Gasteiger charge is 2.30. The molecule has 5 nitrogen and oxygen atoms in total. The summed E-state index contributed by atoms with van der Waals surface area (Å²) in [6, 6.07) is 0. The molecule has 0 aromatic heterocycles. The van der Waals surface area contributed by atoms with Gasteiger partial charge in [-0.1, -0.05) is 0 Å². The molecule has 5 heteroatoms. The van der Waals surface area contributed by atoms with Gasteiger partial charge in [-0.05, 0) is 6.08 Å². The summed E-state index contributed by atoms with van der Waals surface area (Å²) in [4.78, 5) is 21.7. The van der Waals surface area contributed by atoms with Crippen molar-refractivity contribution >= 4 is 11.8 Å². The molecule has 2 N–H and O–H groups in total. The first-order chi connectivity index (χ1) is 5.27. The van der Waals surface area contributed by atoms with Crippen LogP contribution < -0.4 is 10.9 Å². The summed E-state index contributed by atoms with van der Waals surface area (Å²) < 4.78 is 4.83. The molecule has 0 radical (unpaired) electrons. The van der Waals surface area contributed by atoms with Gasteiger partial charge in [-0.3, -0.25) is 20.4 Å². The zero-order valence-corrected chi connectivity index (χ0v) is 5.59. The number of carbonyl (C=O) groups is 2. The molecule has 0 bridgehead atoms. The molecule has 0 saturated carbocycles. The predicted molar refractivity (Wildman–Crippen MR) is 34.1 cm³/mol. The van der Waals surface area contributed by atoms with E-state index in [1.54, 1.807) is 0 Å². The van der Waals surface area contributed by atoms with Crippen LogP contribution in [-0.2, 0) is 14.3 Å². The van der Waals surface area contributed by atoms with Crippen molar-refractivity contribution in [1.82, 2.24) is 10.9 Å². The second kappa shape index (κ2) is 2.06. The fourth-order valence-electron chi connectivity index (χ4n) is 0.840. The Morgan fingerprint density at radius 3 is 2.36 bits per heavy atom. The van der Waals surface area contributed by atoms with Crippen LogP contribution in [0.1, 0.15) is 0 Å². The Morgan fingerprint density at radius 2 is 1.91 bits per heavy atom. The first-order valence-corrected chi connectivity index (χ1v) is 3.21. The van der Waals surface area contributed by atoms with Crippen molar-refractivity contribution in [3.63, 3.8) is 0 Å². The lowest BCUT2D eigenvalue weighted by molar-refractivity contribution is -0.117. The van der Waals surface area contributed by atoms with Gasteiger partial charge in [0.1, 0.15) is 11.7 Å². The highest BCUT2D eigenvalue weighted by molar-refractivity contribution is 6.22. The maximum Gasteiger partial charge on any atom is 0.275 e. The lowest BCUT2D eigenvalue weighted by atomic mass is 10.2. The van der Waals surface area contributed by atoms with Gasteiger partial charge in [0.2, 0.25) is 0 Å². The van der Waals surface area contributed by atoms with Crippen molar-refractivity contribution in [2.24, 2.45) is 0 Å². The number of ether oxygens (including phenoxy) is 1. The highest BCUT2D eigenvalue weighted by atomic mass is 16.6. The molecule has 0 aliphatic carbocycles. The van der Waals surface area contributed by atoms with Crippen LogP contribution in [0.2, 0.25) is 0 Å². The zero-order valence-electron chi connectivity index (χ0n) is 5.59. The van der Waals surface area contributed by atoms with Gasteiger partial charge >= 0.3 is 0 Å². The van der Waals surface area contributed by atoms with Crippen molar-refractivity contribution in [2.45, 2.75) is 6.10 Å². The molecule has 2 rings (SSSR count). The van der Waals surface area contributed by atoms with Crippen LogP contribution in [0.15, 0.2) is 11.6 Å². The second-order valence-electron chi connectivity index (χ2n) is 2.36. The van der Waals surface area contributed by atoms with Crippen molar-refractivity contribution in [2.75, 3.05) is 6.61 Å². The van der Waals surface area contributed by atoms with Crippen LogP contribution in [0.4, 0.5) is 0 Å². The van der Waals surface area contributed by atoms with Gasteiger partial charge in [-0.15, -0.1) is 0 Å². The van der Waals surface area contributed by atoms with Crippen molar-refractivity contribution in [1.29, 1.82) is 0 Å². The zero-order chi connectivity index (χ0) is 7.84. The van der Waals surface area contributed by atoms with E-state index in [-0.39, 0.29) is 23.5 Å². The van der Waals surface area contributed by atoms with Crippen molar-refractivity contribution < 1.29 is 14.3 Å². The molecule has 2 saturated heterocycles. The summed E-state index contributed by atoms with van der Waals surface area (Å²) in [5.41, 5.74) is 4.53. The highest BCUT2D eigenvalue weighted by Crippen LogP contribution is 2.14. The van der Waals surface area contributed by atoms with E-state index in [2.05, 4.69) is 10.9 Å². The summed E-state index contributed by atoms with van der Waals surface area (Å²) in [5.74, 6) is -0.768. The van der Waals surface area contributed by atoms with Crippen LogP contribution in [-0.4, -0.2) is 24.5 Å². The number of nitrogens with one attached hydrogen (secondary N) is 2. The molecule has 1 unspecified atom stereocenters. The molecule has 58 valence electrons. The molecule has 2 aliphatic heterocycles. The summed E-state index contributed by atoms with van der Waals surface area (Å²) in [6.45, 7) is 0.601. The maximum absolute atomic E-state index is 10.8. The van der Waals surface area contributed by atoms with Crippen LogP contribution >= 0.6 is 0 Å². The standard InChI is InChI=1S/C6H6N2O3/c9-5-4(1-3-2-11-3)6(10)8-7-5/h1,3H,2H2,(H,7,9)(H,8,10). The maximum atomic E-state index is 10.8. The monoisotopic (exact) mass is 154 g/mol. The van der Waals surface area contributed by atoms with E-state index in [0.29, 0.717) is 6.61 Å². The molecule has 0 aromatic carbocycles. The van der Waals surface area contributed by atoms with Crippen LogP contribution in [0.25, 0.3) is 0 Å². The Kier molecular flexibility index (Phi) is 1.19. The van der Waals surface area contributed by atoms with E-state index in [1.807, 2.05) is 0 Å². The summed E-state index contributed by atoms with van der Waals surface area (Å²) in [7, 11) is 0. The van der Waals surface area contributed by atoms with Gasteiger partial charge in [0.25, 0.3) is 11.8 Å². The number of epoxide rings is 1. The Labute approximate surface area is 62.4 Å². The van der Waals surface area contributed by atoms with Gasteiger partial charge in [0.05, 0.1) is 6.61 Å². The largest absolute Gasteiger partial charge is 0.369 e. The predicted octanol–water partition coefficient (Wildman–Crippen LogP) is -1.53. The third kappa shape index (κ3) is 1.10. The number of carbonyl (C=O) groups excluding carboxylic acids is 2. The smallest absolute Gasteiger partial charge is 0.275 e. The van der Waals surface area contributed by atoms with E-state index >= 15 is 0 Å². The minimum absolute atomic E-state index is 0.0420. The van der Waals surface area contributed by atoms with Crippen LogP contribution in [0.3, 0.4) is 0 Å². The average Bonchev–Trinajstić information content (AvgIpc) is 2.73. The SMILES string of the molecule is O=C1NNC(=O)C1=CC1CO1. The molecule has 11 heavy (non-hydrogen) atoms. The number of hydrazine groups is 1. The van der Waals surface area contributed by atoms with Gasteiger partial charge in [-0.2, -0.15) is 0 Å². The molecule has 2 aliphatic rings. The first kappa shape index (κ1) is 6.36. The molecule has 0 aromatic rings. The van der Waals surface area contributed by atoms with E-state index < -0.39 is 0 Å². The molecular weight excluding hydrogens is 148 g/mol. The minimum Gasteiger partial charge on any atom is -0.369 e. The third-order valence-corrected chi connectivity index (χ3v) is 1.49. The Morgan fingerprint density at radius 1 is 1.36 bits per heavy atom. The Bertz CT molecular complexity index is 237. The fraction of sp³-hybridized carbons (Fsp3) is 0.333. The number of rotatable bonds is 1. The quantitative estimate of drug-likeness (QED) is 0.273. The van der Waals surface area contributed by atoms with E-state index in [0.717, 1.165) is 0 Å². The molecule has 2 amide bonds. The van der Waals surface area contributed by atoms with E-state index in [1.165, 1.54) is 6.08 Å². The molecule has 2 heterocycles. The van der Waals surface area contributed by atoms with Gasteiger partial charge in [-0.25, -0.2) is 0 Å². The topological polar surface area (TPSA) is 70.7 Å². The van der Waals surface area contributed by atoms with Crippen molar-refractivity contribution in [3.05, 3.63) is 11.6 Å². The fourth-order valence-corrected chi connectivity index (χ4v) is 0.840. The number of amides is 2. The van der Waals surface area contributed by atoms with Crippen LogP contribution in [0, 0.1) is 0 Å². The minimum atomic E-state index is -0.384. The summed E-state index contributed by atoms with van der Waals surface area (Å²) >= 11 is 0. The summed E-state index contributed by atoms with van der Waals surface area (Å²) in [6.07, 6.45) is 1.48. The molecule has 1 atom stereocenters. The molecule has 0 spiro atoms. The van der Waals surface area contributed by atoms with Crippen LogP contribution in [0.5, 0.6) is 0 Å². The second-order valence-corrected chi connectivity index (χ2v) is 2.36. The van der Waals surface area contributed by atoms with E-state index in [9.17, 15) is 9.59 Å². The van der Waals surface area contributed by atoms with Gasteiger partial charge < -0.3 is 4.74 Å². The van der Waals surface area contributed by atoms with Gasteiger partial charge in [0, 0.05) is 0 Å². The van der Waals surface area contributed by atoms with Crippen molar-refractivity contribution in [3.8, 4) is 0 Å². The normalized spacial score (nSPS) is 28.0. The number of hydrogen-bond acceptors (Lipinski definition) is 3. The lowest BCUT2D eigenvalue weighted by Gasteiger charge is -1.84. The Balaban J connectivity index is 2.20. The molecular formula is C6H6N2O3.